The maximum atomic E-state index is 11.0. The highest BCUT2D eigenvalue weighted by Gasteiger charge is 2.13. The van der Waals surface area contributed by atoms with Gasteiger partial charge in [0.2, 0.25) is 0 Å². The summed E-state index contributed by atoms with van der Waals surface area (Å²) in [5.41, 5.74) is 2.34. The van der Waals surface area contributed by atoms with Crippen molar-refractivity contribution in [3.8, 4) is 0 Å². The third kappa shape index (κ3) is 3.46. The molecule has 2 rings (SSSR count). The number of aryl methyl sites for hydroxylation is 1. The number of benzene rings is 1. The zero-order valence-corrected chi connectivity index (χ0v) is 12.5. The Kier molecular flexibility index (Phi) is 4.93. The van der Waals surface area contributed by atoms with Gasteiger partial charge in [-0.3, -0.25) is 0 Å². The van der Waals surface area contributed by atoms with Crippen LogP contribution in [0.25, 0.3) is 0 Å². The SMILES string of the molecule is CCC(NCc1cc(C(=O)O)sc1C)c1ccccc1. The Hall–Kier alpha value is -1.65. The van der Waals surface area contributed by atoms with Crippen molar-refractivity contribution in [1.82, 2.24) is 5.32 Å². The van der Waals surface area contributed by atoms with Crippen molar-refractivity contribution in [3.05, 3.63) is 57.3 Å². The van der Waals surface area contributed by atoms with Crippen molar-refractivity contribution >= 4 is 17.3 Å². The van der Waals surface area contributed by atoms with Gasteiger partial charge in [-0.25, -0.2) is 4.79 Å². The van der Waals surface area contributed by atoms with Gasteiger partial charge in [-0.15, -0.1) is 11.3 Å². The van der Waals surface area contributed by atoms with Crippen LogP contribution in [0.2, 0.25) is 0 Å². The van der Waals surface area contributed by atoms with Gasteiger partial charge in [0, 0.05) is 17.5 Å². The maximum Gasteiger partial charge on any atom is 0.345 e. The molecular formula is C16H19NO2S. The quantitative estimate of drug-likeness (QED) is 0.845. The molecule has 0 aliphatic carbocycles. The van der Waals surface area contributed by atoms with Crippen LogP contribution in [0.4, 0.5) is 0 Å². The number of hydrogen-bond acceptors (Lipinski definition) is 3. The van der Waals surface area contributed by atoms with Gasteiger partial charge >= 0.3 is 5.97 Å². The molecule has 4 heteroatoms. The van der Waals surface area contributed by atoms with Crippen LogP contribution >= 0.6 is 11.3 Å². The molecular weight excluding hydrogens is 270 g/mol. The molecule has 0 saturated heterocycles. The van der Waals surface area contributed by atoms with E-state index in [2.05, 4.69) is 24.4 Å². The molecule has 1 aromatic carbocycles. The van der Waals surface area contributed by atoms with Gasteiger partial charge in [-0.05, 0) is 30.5 Å². The summed E-state index contributed by atoms with van der Waals surface area (Å²) in [6, 6.07) is 12.4. The van der Waals surface area contributed by atoms with Gasteiger partial charge in [0.15, 0.2) is 0 Å². The van der Waals surface area contributed by atoms with Gasteiger partial charge in [-0.1, -0.05) is 37.3 Å². The highest BCUT2D eigenvalue weighted by atomic mass is 32.1. The normalized spacial score (nSPS) is 12.3. The topological polar surface area (TPSA) is 49.3 Å². The number of carboxylic acid groups (broad SMARTS) is 1. The fourth-order valence-electron chi connectivity index (χ4n) is 2.22. The largest absolute Gasteiger partial charge is 0.477 e. The lowest BCUT2D eigenvalue weighted by Gasteiger charge is -2.17. The highest BCUT2D eigenvalue weighted by molar-refractivity contribution is 7.14. The molecule has 0 amide bonds. The summed E-state index contributed by atoms with van der Waals surface area (Å²) in [4.78, 5) is 12.4. The van der Waals surface area contributed by atoms with Crippen LogP contribution in [-0.4, -0.2) is 11.1 Å². The first-order valence-electron chi connectivity index (χ1n) is 6.72. The molecule has 2 aromatic rings. The molecule has 3 nitrogen and oxygen atoms in total. The number of thiophene rings is 1. The van der Waals surface area contributed by atoms with E-state index in [0.29, 0.717) is 17.5 Å². The van der Waals surface area contributed by atoms with Crippen molar-refractivity contribution in [2.75, 3.05) is 0 Å². The standard InChI is InChI=1S/C16H19NO2S/c1-3-14(12-7-5-4-6-8-12)17-10-13-9-15(16(18)19)20-11(13)2/h4-9,14,17H,3,10H2,1-2H3,(H,18,19). The summed E-state index contributed by atoms with van der Waals surface area (Å²) in [7, 11) is 0. The van der Waals surface area contributed by atoms with Gasteiger partial charge < -0.3 is 10.4 Å². The van der Waals surface area contributed by atoms with Crippen LogP contribution in [0.5, 0.6) is 0 Å². The monoisotopic (exact) mass is 289 g/mol. The fourth-order valence-corrected chi connectivity index (χ4v) is 3.10. The van der Waals surface area contributed by atoms with Crippen molar-refractivity contribution in [2.45, 2.75) is 32.9 Å². The molecule has 0 fully saturated rings. The molecule has 0 bridgehead atoms. The van der Waals surface area contributed by atoms with E-state index in [-0.39, 0.29) is 0 Å². The highest BCUT2D eigenvalue weighted by Crippen LogP contribution is 2.23. The van der Waals surface area contributed by atoms with Gasteiger partial charge in [0.25, 0.3) is 0 Å². The Balaban J connectivity index is 2.05. The summed E-state index contributed by atoms with van der Waals surface area (Å²) < 4.78 is 0. The fraction of sp³-hybridized carbons (Fsp3) is 0.312. The third-order valence-corrected chi connectivity index (χ3v) is 4.46. The molecule has 1 heterocycles. The average Bonchev–Trinajstić information content (AvgIpc) is 2.82. The molecule has 1 atom stereocenters. The van der Waals surface area contributed by atoms with Gasteiger partial charge in [0.1, 0.15) is 4.88 Å². The van der Waals surface area contributed by atoms with Crippen LogP contribution in [-0.2, 0) is 6.54 Å². The number of carboxylic acids is 1. The minimum absolute atomic E-state index is 0.295. The Bertz CT molecular complexity index is 577. The third-order valence-electron chi connectivity index (χ3n) is 3.38. The second-order valence-electron chi connectivity index (χ2n) is 4.75. The van der Waals surface area contributed by atoms with Gasteiger partial charge in [-0.2, -0.15) is 0 Å². The predicted molar refractivity (Wildman–Crippen MR) is 82.3 cm³/mol. The number of carbonyl (C=O) groups is 1. The van der Waals surface area contributed by atoms with Gasteiger partial charge in [0.05, 0.1) is 0 Å². The van der Waals surface area contributed by atoms with E-state index in [1.807, 2.05) is 25.1 Å². The minimum atomic E-state index is -0.848. The average molecular weight is 289 g/mol. The Labute approximate surface area is 123 Å². The summed E-state index contributed by atoms with van der Waals surface area (Å²) in [6.07, 6.45) is 0.999. The Morgan fingerprint density at radius 3 is 2.60 bits per heavy atom. The molecule has 0 aliphatic heterocycles. The van der Waals surface area contributed by atoms with Crippen molar-refractivity contribution in [3.63, 3.8) is 0 Å². The van der Waals surface area contributed by atoms with E-state index in [1.54, 1.807) is 6.07 Å². The number of rotatable bonds is 6. The summed E-state index contributed by atoms with van der Waals surface area (Å²) in [6.45, 7) is 4.81. The van der Waals surface area contributed by atoms with Crippen molar-refractivity contribution in [2.24, 2.45) is 0 Å². The maximum absolute atomic E-state index is 11.0. The van der Waals surface area contributed by atoms with E-state index in [4.69, 9.17) is 5.11 Å². The summed E-state index contributed by atoms with van der Waals surface area (Å²) >= 11 is 1.34. The van der Waals surface area contributed by atoms with Crippen LogP contribution in [0.1, 0.15) is 45.1 Å². The Morgan fingerprint density at radius 2 is 2.05 bits per heavy atom. The molecule has 0 aliphatic rings. The van der Waals surface area contributed by atoms with Crippen LogP contribution < -0.4 is 5.32 Å². The molecule has 1 aromatic heterocycles. The van der Waals surface area contributed by atoms with E-state index in [1.165, 1.54) is 16.9 Å². The van der Waals surface area contributed by atoms with E-state index in [0.717, 1.165) is 16.9 Å². The van der Waals surface area contributed by atoms with Crippen molar-refractivity contribution < 1.29 is 9.90 Å². The van der Waals surface area contributed by atoms with Crippen LogP contribution in [0, 0.1) is 6.92 Å². The smallest absolute Gasteiger partial charge is 0.345 e. The molecule has 1 unspecified atom stereocenters. The lowest BCUT2D eigenvalue weighted by atomic mass is 10.0. The molecule has 0 saturated carbocycles. The number of nitrogens with one attached hydrogen (secondary N) is 1. The lowest BCUT2D eigenvalue weighted by molar-refractivity contribution is 0.0702. The zero-order valence-electron chi connectivity index (χ0n) is 11.7. The second kappa shape index (κ2) is 6.68. The first-order valence-corrected chi connectivity index (χ1v) is 7.54. The van der Waals surface area contributed by atoms with Crippen molar-refractivity contribution in [1.29, 1.82) is 0 Å². The lowest BCUT2D eigenvalue weighted by Crippen LogP contribution is -2.20. The molecule has 0 spiro atoms. The first kappa shape index (κ1) is 14.8. The number of aromatic carboxylic acids is 1. The van der Waals surface area contributed by atoms with E-state index in [9.17, 15) is 4.79 Å². The van der Waals surface area contributed by atoms with E-state index < -0.39 is 5.97 Å². The molecule has 0 radical (unpaired) electrons. The zero-order chi connectivity index (χ0) is 14.5. The second-order valence-corrected chi connectivity index (χ2v) is 6.01. The summed E-state index contributed by atoms with van der Waals surface area (Å²) in [5.74, 6) is -0.848. The predicted octanol–water partition coefficient (Wildman–Crippen LogP) is 4.00. The summed E-state index contributed by atoms with van der Waals surface area (Å²) in [5, 5.41) is 12.5. The van der Waals surface area contributed by atoms with Crippen LogP contribution in [0.15, 0.2) is 36.4 Å². The minimum Gasteiger partial charge on any atom is -0.477 e. The molecule has 2 N–H and O–H groups in total. The van der Waals surface area contributed by atoms with Crippen LogP contribution in [0.3, 0.4) is 0 Å². The molecule has 106 valence electrons. The van der Waals surface area contributed by atoms with E-state index >= 15 is 0 Å². The number of hydrogen-bond donors (Lipinski definition) is 2. The molecule has 20 heavy (non-hydrogen) atoms. The first-order chi connectivity index (χ1) is 9.61. The Morgan fingerprint density at radius 1 is 1.35 bits per heavy atom.